The number of halogens is 4. The van der Waals surface area contributed by atoms with E-state index in [9.17, 15) is 17.6 Å². The summed E-state index contributed by atoms with van der Waals surface area (Å²) in [6.45, 7) is 0. The molecule has 8 heteroatoms. The fourth-order valence-electron chi connectivity index (χ4n) is 6.55. The highest BCUT2D eigenvalue weighted by Gasteiger charge is 2.23. The zero-order chi connectivity index (χ0) is 35.6. The Labute approximate surface area is 296 Å². The summed E-state index contributed by atoms with van der Waals surface area (Å²) >= 11 is 0. The van der Waals surface area contributed by atoms with Gasteiger partial charge in [-0.25, -0.2) is 17.6 Å². The molecule has 0 radical (unpaired) electrons. The first kappa shape index (κ1) is 32.4. The van der Waals surface area contributed by atoms with Crippen molar-refractivity contribution in [1.29, 1.82) is 0 Å². The minimum atomic E-state index is -0.483. The smallest absolute Gasteiger partial charge is 0.141 e. The van der Waals surface area contributed by atoms with E-state index in [2.05, 4.69) is 19.9 Å². The van der Waals surface area contributed by atoms with Gasteiger partial charge in [-0.15, -0.1) is 0 Å². The first-order chi connectivity index (χ1) is 25.4. The van der Waals surface area contributed by atoms with Gasteiger partial charge < -0.3 is 0 Å². The van der Waals surface area contributed by atoms with Crippen molar-refractivity contribution < 1.29 is 17.6 Å². The second-order valence-corrected chi connectivity index (χ2v) is 12.0. The Hall–Kier alpha value is -6.80. The Morgan fingerprint density at radius 1 is 0.250 bits per heavy atom. The van der Waals surface area contributed by atoms with Crippen LogP contribution in [-0.2, 0) is 0 Å². The second-order valence-electron chi connectivity index (χ2n) is 12.0. The molecule has 0 fully saturated rings. The maximum absolute atomic E-state index is 14.4. The summed E-state index contributed by atoms with van der Waals surface area (Å²) in [4.78, 5) is 17.8. The highest BCUT2D eigenvalue weighted by atomic mass is 19.1. The predicted octanol–water partition coefficient (Wildman–Crippen LogP) is 11.5. The molecule has 0 saturated heterocycles. The van der Waals surface area contributed by atoms with Gasteiger partial charge in [-0.1, -0.05) is 84.9 Å². The molecule has 0 amide bonds. The van der Waals surface area contributed by atoms with Crippen molar-refractivity contribution in [3.05, 3.63) is 182 Å². The van der Waals surface area contributed by atoms with Gasteiger partial charge in [-0.2, -0.15) is 0 Å². The van der Waals surface area contributed by atoms with E-state index in [0.717, 1.165) is 44.5 Å². The molecule has 0 atom stereocenters. The van der Waals surface area contributed by atoms with Gasteiger partial charge in [0.25, 0.3) is 0 Å². The Kier molecular flexibility index (Phi) is 8.63. The molecule has 250 valence electrons. The molecule has 8 aromatic rings. The third-order valence-electron chi connectivity index (χ3n) is 8.83. The second kappa shape index (κ2) is 13.8. The monoisotopic (exact) mass is 686 g/mol. The van der Waals surface area contributed by atoms with Crippen LogP contribution >= 0.6 is 0 Å². The van der Waals surface area contributed by atoms with E-state index in [0.29, 0.717) is 33.9 Å². The van der Waals surface area contributed by atoms with Crippen molar-refractivity contribution in [1.82, 2.24) is 19.9 Å². The van der Waals surface area contributed by atoms with E-state index in [4.69, 9.17) is 0 Å². The van der Waals surface area contributed by atoms with E-state index < -0.39 is 23.3 Å². The molecule has 0 aliphatic heterocycles. The van der Waals surface area contributed by atoms with Crippen LogP contribution in [-0.4, -0.2) is 19.9 Å². The fraction of sp³-hybridized carbons (Fsp3) is 0. The van der Waals surface area contributed by atoms with Gasteiger partial charge in [-0.3, -0.25) is 19.9 Å². The molecule has 52 heavy (non-hydrogen) atoms. The Bertz CT molecular complexity index is 2360. The molecule has 0 aliphatic carbocycles. The van der Waals surface area contributed by atoms with Crippen molar-refractivity contribution in [2.75, 3.05) is 0 Å². The van der Waals surface area contributed by atoms with Crippen LogP contribution in [0.25, 0.3) is 78.4 Å². The first-order valence-electron chi connectivity index (χ1n) is 16.4. The number of aromatic nitrogens is 4. The highest BCUT2D eigenvalue weighted by molar-refractivity contribution is 6.03. The van der Waals surface area contributed by atoms with Crippen LogP contribution < -0.4 is 0 Å². The molecule has 0 saturated carbocycles. The van der Waals surface area contributed by atoms with Crippen molar-refractivity contribution in [3.63, 3.8) is 0 Å². The Morgan fingerprint density at radius 2 is 0.519 bits per heavy atom. The molecule has 0 bridgehead atoms. The summed E-state index contributed by atoms with van der Waals surface area (Å²) in [6.07, 6.45) is 4.71. The van der Waals surface area contributed by atoms with Gasteiger partial charge in [0, 0.05) is 22.3 Å². The largest absolute Gasteiger partial charge is 0.253 e. The van der Waals surface area contributed by atoms with Crippen LogP contribution in [0.2, 0.25) is 0 Å². The molecule has 0 N–H and O–H groups in total. The van der Waals surface area contributed by atoms with Gasteiger partial charge in [0.15, 0.2) is 0 Å². The fourth-order valence-corrected chi connectivity index (χ4v) is 6.55. The van der Waals surface area contributed by atoms with Gasteiger partial charge in [-0.05, 0) is 81.9 Å². The maximum atomic E-state index is 14.4. The number of pyridine rings is 4. The van der Waals surface area contributed by atoms with Crippen LogP contribution in [0.4, 0.5) is 17.6 Å². The quantitative estimate of drug-likeness (QED) is 0.157. The van der Waals surface area contributed by atoms with E-state index in [1.165, 1.54) is 49.1 Å². The number of benzene rings is 4. The van der Waals surface area contributed by atoms with Gasteiger partial charge in [0.2, 0.25) is 0 Å². The highest BCUT2D eigenvalue weighted by Crippen LogP contribution is 2.47. The van der Waals surface area contributed by atoms with Crippen molar-refractivity contribution >= 4 is 0 Å². The Balaban J connectivity index is 1.44. The lowest BCUT2D eigenvalue weighted by Gasteiger charge is -2.21. The van der Waals surface area contributed by atoms with E-state index in [-0.39, 0.29) is 0 Å². The molecule has 8 rings (SSSR count). The van der Waals surface area contributed by atoms with Crippen molar-refractivity contribution in [2.45, 2.75) is 0 Å². The summed E-state index contributed by atoms with van der Waals surface area (Å²) in [5, 5.41) is 0. The molecule has 4 heterocycles. The predicted molar refractivity (Wildman–Crippen MR) is 196 cm³/mol. The number of nitrogens with zero attached hydrogens (tertiary/aromatic N) is 4. The van der Waals surface area contributed by atoms with E-state index >= 15 is 0 Å². The first-order valence-corrected chi connectivity index (χ1v) is 16.4. The molecule has 4 nitrogen and oxygen atoms in total. The molecule has 0 unspecified atom stereocenters. The average Bonchev–Trinajstić information content (AvgIpc) is 3.19. The lowest BCUT2D eigenvalue weighted by atomic mass is 9.83. The number of hydrogen-bond acceptors (Lipinski definition) is 4. The zero-order valence-corrected chi connectivity index (χ0v) is 27.3. The normalized spacial score (nSPS) is 11.1. The van der Waals surface area contributed by atoms with Gasteiger partial charge in [0.1, 0.15) is 23.3 Å². The third-order valence-corrected chi connectivity index (χ3v) is 8.83. The summed E-state index contributed by atoms with van der Waals surface area (Å²) in [5.41, 5.74) is 9.74. The zero-order valence-electron chi connectivity index (χ0n) is 27.3. The topological polar surface area (TPSA) is 51.6 Å². The molecular weight excluding hydrogens is 661 g/mol. The molecule has 0 spiro atoms. The van der Waals surface area contributed by atoms with Crippen LogP contribution in [0.1, 0.15) is 0 Å². The van der Waals surface area contributed by atoms with Crippen molar-refractivity contribution in [2.24, 2.45) is 0 Å². The standard InChI is InChI=1S/C44H26F4N4/c45-27-15-19-39(49-23-27)33-9-3-1-7-31(33)35-11-5-13-37(43(35)41-21-17-29(47)25-51-41)38-14-6-12-36(44(38)42-22-18-30(48)26-52-42)32-8-2-4-10-34(32)40-20-16-28(46)24-50-40/h1-26H. The van der Waals surface area contributed by atoms with Crippen LogP contribution in [0.3, 0.4) is 0 Å². The lowest BCUT2D eigenvalue weighted by Crippen LogP contribution is -1.99. The third kappa shape index (κ3) is 6.22. The average molecular weight is 687 g/mol. The summed E-state index contributed by atoms with van der Waals surface area (Å²) in [7, 11) is 0. The van der Waals surface area contributed by atoms with Crippen LogP contribution in [0, 0.1) is 23.3 Å². The van der Waals surface area contributed by atoms with E-state index in [1.54, 1.807) is 24.3 Å². The summed E-state index contributed by atoms with van der Waals surface area (Å²) in [6, 6.07) is 39.0. The number of hydrogen-bond donors (Lipinski definition) is 0. The summed E-state index contributed by atoms with van der Waals surface area (Å²) < 4.78 is 56.6. The Morgan fingerprint density at radius 3 is 0.827 bits per heavy atom. The molecule has 4 aromatic heterocycles. The van der Waals surface area contributed by atoms with Gasteiger partial charge in [0.05, 0.1) is 47.6 Å². The molecule has 4 aromatic carbocycles. The minimum Gasteiger partial charge on any atom is -0.253 e. The summed E-state index contributed by atoms with van der Waals surface area (Å²) in [5.74, 6) is -1.86. The lowest BCUT2D eigenvalue weighted by molar-refractivity contribution is 0.621. The van der Waals surface area contributed by atoms with E-state index in [1.807, 2.05) is 84.9 Å². The SMILES string of the molecule is Fc1ccc(-c2ccccc2-c2cccc(-c3cccc(-c4ccccc4-c4ccc(F)cn4)c3-c3ccc(F)cn3)c2-c2ccc(F)cn2)nc1. The maximum Gasteiger partial charge on any atom is 0.141 e. The van der Waals surface area contributed by atoms with Crippen LogP contribution in [0.5, 0.6) is 0 Å². The number of rotatable bonds is 7. The van der Waals surface area contributed by atoms with Gasteiger partial charge >= 0.3 is 0 Å². The molecule has 0 aliphatic rings. The molecular formula is C44H26F4N4. The van der Waals surface area contributed by atoms with Crippen LogP contribution in [0.15, 0.2) is 158 Å². The minimum absolute atomic E-state index is 0.446. The van der Waals surface area contributed by atoms with Crippen molar-refractivity contribution in [3.8, 4) is 78.4 Å².